The molecule has 4 heteroatoms. The average molecular weight is 691 g/mol. The van der Waals surface area contributed by atoms with Crippen LogP contribution in [0, 0.1) is 0 Å². The van der Waals surface area contributed by atoms with Crippen molar-refractivity contribution in [1.82, 2.24) is 0 Å². The Labute approximate surface area is 308 Å². The van der Waals surface area contributed by atoms with Crippen LogP contribution in [0.3, 0.4) is 0 Å². The maximum Gasteiger partial charge on any atom is 0.330 e. The van der Waals surface area contributed by atoms with Crippen LogP contribution in [0.25, 0.3) is 6.08 Å². The van der Waals surface area contributed by atoms with Crippen molar-refractivity contribution in [1.29, 1.82) is 0 Å². The third-order valence-corrected chi connectivity index (χ3v) is 8.74. The van der Waals surface area contributed by atoms with Crippen LogP contribution in [0.5, 0.6) is 11.5 Å². The SMILES string of the molecule is CCCCC/C=C\C/C=C\CCCCCCCCOc1cc(C=CC(=O)OC)cc(OCCCCCCCC/C=C\C/C=C\CCCCC)c1. The molecule has 0 amide bonds. The fraction of sp³-hybridized carbons (Fsp3) is 0.630. The highest BCUT2D eigenvalue weighted by Crippen LogP contribution is 2.25. The van der Waals surface area contributed by atoms with E-state index in [9.17, 15) is 4.79 Å². The molecule has 0 radical (unpaired) electrons. The second-order valence-corrected chi connectivity index (χ2v) is 13.5. The molecule has 1 rings (SSSR count). The summed E-state index contributed by atoms with van der Waals surface area (Å²) in [6.45, 7) is 5.88. The van der Waals surface area contributed by atoms with Crippen LogP contribution >= 0.6 is 0 Å². The van der Waals surface area contributed by atoms with Gasteiger partial charge in [-0.1, -0.05) is 140 Å². The highest BCUT2D eigenvalue weighted by molar-refractivity contribution is 5.87. The van der Waals surface area contributed by atoms with E-state index in [-0.39, 0.29) is 5.97 Å². The van der Waals surface area contributed by atoms with Crippen molar-refractivity contribution in [2.24, 2.45) is 0 Å². The number of rotatable bonds is 34. The van der Waals surface area contributed by atoms with Crippen molar-refractivity contribution >= 4 is 12.0 Å². The summed E-state index contributed by atoms with van der Waals surface area (Å²) in [7, 11) is 1.39. The molecule has 0 bridgehead atoms. The Kier molecular flexibility index (Phi) is 32.2. The Hall–Kier alpha value is -3.01. The number of allylic oxidation sites excluding steroid dienone is 8. The van der Waals surface area contributed by atoms with Gasteiger partial charge in [-0.15, -0.1) is 0 Å². The molecule has 0 heterocycles. The third kappa shape index (κ3) is 29.9. The Morgan fingerprint density at radius 2 is 0.880 bits per heavy atom. The van der Waals surface area contributed by atoms with Crippen LogP contribution in [0.1, 0.15) is 174 Å². The minimum Gasteiger partial charge on any atom is -0.493 e. The van der Waals surface area contributed by atoms with Gasteiger partial charge in [0.2, 0.25) is 0 Å². The number of benzene rings is 1. The van der Waals surface area contributed by atoms with Crippen molar-refractivity contribution in [2.75, 3.05) is 20.3 Å². The van der Waals surface area contributed by atoms with Crippen molar-refractivity contribution in [3.05, 3.63) is 78.4 Å². The van der Waals surface area contributed by atoms with Gasteiger partial charge in [0.15, 0.2) is 0 Å². The van der Waals surface area contributed by atoms with Gasteiger partial charge in [0.25, 0.3) is 0 Å². The lowest BCUT2D eigenvalue weighted by Crippen LogP contribution is -2.01. The van der Waals surface area contributed by atoms with Gasteiger partial charge >= 0.3 is 5.97 Å². The van der Waals surface area contributed by atoms with Crippen LogP contribution < -0.4 is 9.47 Å². The highest BCUT2D eigenvalue weighted by Gasteiger charge is 2.04. The van der Waals surface area contributed by atoms with E-state index in [0.717, 1.165) is 42.7 Å². The first-order valence-electron chi connectivity index (χ1n) is 20.5. The zero-order valence-corrected chi connectivity index (χ0v) is 32.5. The van der Waals surface area contributed by atoms with Crippen LogP contribution in [0.15, 0.2) is 72.9 Å². The molecule has 0 aromatic heterocycles. The van der Waals surface area contributed by atoms with Gasteiger partial charge in [0, 0.05) is 12.1 Å². The first-order chi connectivity index (χ1) is 24.7. The van der Waals surface area contributed by atoms with E-state index >= 15 is 0 Å². The van der Waals surface area contributed by atoms with Crippen LogP contribution in [-0.4, -0.2) is 26.3 Å². The summed E-state index contributed by atoms with van der Waals surface area (Å²) in [6, 6.07) is 5.90. The summed E-state index contributed by atoms with van der Waals surface area (Å²) in [6.07, 6.45) is 51.3. The monoisotopic (exact) mass is 691 g/mol. The first-order valence-corrected chi connectivity index (χ1v) is 20.5. The van der Waals surface area contributed by atoms with Crippen molar-refractivity contribution in [2.45, 2.75) is 168 Å². The molecule has 0 fully saturated rings. The lowest BCUT2D eigenvalue weighted by molar-refractivity contribution is -0.134. The van der Waals surface area contributed by atoms with E-state index in [0.29, 0.717) is 13.2 Å². The van der Waals surface area contributed by atoms with E-state index in [4.69, 9.17) is 14.2 Å². The normalized spacial score (nSPS) is 12.1. The quantitative estimate of drug-likeness (QED) is 0.0312. The van der Waals surface area contributed by atoms with Crippen molar-refractivity contribution < 1.29 is 19.0 Å². The number of unbranched alkanes of at least 4 members (excludes halogenated alkanes) is 18. The number of hydrogen-bond donors (Lipinski definition) is 0. The number of esters is 1. The van der Waals surface area contributed by atoms with Crippen molar-refractivity contribution in [3.63, 3.8) is 0 Å². The molecular weight excluding hydrogens is 617 g/mol. The summed E-state index contributed by atoms with van der Waals surface area (Å²) in [4.78, 5) is 11.7. The molecule has 50 heavy (non-hydrogen) atoms. The average Bonchev–Trinajstić information content (AvgIpc) is 3.13. The molecule has 0 saturated heterocycles. The van der Waals surface area contributed by atoms with Gasteiger partial charge in [0.05, 0.1) is 20.3 Å². The Morgan fingerprint density at radius 1 is 0.500 bits per heavy atom. The second-order valence-electron chi connectivity index (χ2n) is 13.5. The molecule has 4 nitrogen and oxygen atoms in total. The topological polar surface area (TPSA) is 44.8 Å². The molecule has 0 spiro atoms. The lowest BCUT2D eigenvalue weighted by atomic mass is 10.1. The highest BCUT2D eigenvalue weighted by atomic mass is 16.5. The Balaban J connectivity index is 2.22. The van der Waals surface area contributed by atoms with Gasteiger partial charge < -0.3 is 14.2 Å². The third-order valence-electron chi connectivity index (χ3n) is 8.74. The van der Waals surface area contributed by atoms with Gasteiger partial charge in [-0.05, 0) is 101 Å². The number of hydrogen-bond acceptors (Lipinski definition) is 4. The molecular formula is C46H74O4. The number of ether oxygens (including phenoxy) is 3. The fourth-order valence-electron chi connectivity index (χ4n) is 5.65. The van der Waals surface area contributed by atoms with Crippen LogP contribution in [0.4, 0.5) is 0 Å². The standard InChI is InChI=1S/C46H74O4/c1-4-6-8-10-12-14-16-18-20-22-24-26-28-30-32-34-38-49-44-40-43(36-37-46(47)48-3)41-45(42-44)50-39-35-33-31-29-27-25-23-21-19-17-15-13-11-9-7-5-2/h12-15,18-21,36-37,40-42H,4-11,16-17,22-35,38-39H2,1-3H3/b14-12-,15-13-,20-18-,21-19-,37-36?. The molecule has 0 aliphatic rings. The number of methoxy groups -OCH3 is 1. The van der Waals surface area contributed by atoms with E-state index < -0.39 is 0 Å². The molecule has 0 N–H and O–H groups in total. The predicted molar refractivity (Wildman–Crippen MR) is 217 cm³/mol. The zero-order valence-electron chi connectivity index (χ0n) is 32.5. The molecule has 1 aromatic carbocycles. The van der Waals surface area contributed by atoms with Gasteiger partial charge in [0.1, 0.15) is 11.5 Å². The molecule has 282 valence electrons. The van der Waals surface area contributed by atoms with Gasteiger partial charge in [-0.25, -0.2) is 4.79 Å². The van der Waals surface area contributed by atoms with E-state index in [2.05, 4.69) is 62.5 Å². The fourth-order valence-corrected chi connectivity index (χ4v) is 5.65. The molecule has 1 aromatic rings. The summed E-state index contributed by atoms with van der Waals surface area (Å²) >= 11 is 0. The maximum atomic E-state index is 11.7. The second kappa shape index (κ2) is 35.8. The van der Waals surface area contributed by atoms with Gasteiger partial charge in [-0.3, -0.25) is 0 Å². The number of carbonyl (C=O) groups excluding carboxylic acids is 1. The predicted octanol–water partition coefficient (Wildman–Crippen LogP) is 14.3. The minimum atomic E-state index is -0.374. The van der Waals surface area contributed by atoms with Crippen LogP contribution in [-0.2, 0) is 9.53 Å². The smallest absolute Gasteiger partial charge is 0.330 e. The molecule has 0 unspecified atom stereocenters. The Bertz CT molecular complexity index is 996. The summed E-state index contributed by atoms with van der Waals surface area (Å²) in [5.41, 5.74) is 0.872. The van der Waals surface area contributed by atoms with E-state index in [1.165, 1.54) is 142 Å². The molecule has 0 aliphatic heterocycles. The number of carbonyl (C=O) groups is 1. The van der Waals surface area contributed by atoms with Crippen molar-refractivity contribution in [3.8, 4) is 11.5 Å². The molecule has 0 aliphatic carbocycles. The molecule has 0 atom stereocenters. The maximum absolute atomic E-state index is 11.7. The zero-order chi connectivity index (χ0) is 36.0. The van der Waals surface area contributed by atoms with E-state index in [1.54, 1.807) is 6.08 Å². The van der Waals surface area contributed by atoms with E-state index in [1.807, 2.05) is 18.2 Å². The lowest BCUT2D eigenvalue weighted by Gasteiger charge is -2.12. The summed E-state index contributed by atoms with van der Waals surface area (Å²) in [5, 5.41) is 0. The van der Waals surface area contributed by atoms with Gasteiger partial charge in [-0.2, -0.15) is 0 Å². The molecule has 0 saturated carbocycles. The summed E-state index contributed by atoms with van der Waals surface area (Å²) < 4.78 is 17.0. The largest absolute Gasteiger partial charge is 0.493 e. The minimum absolute atomic E-state index is 0.374. The summed E-state index contributed by atoms with van der Waals surface area (Å²) in [5.74, 6) is 1.19. The Morgan fingerprint density at radius 3 is 1.28 bits per heavy atom. The van der Waals surface area contributed by atoms with Crippen LogP contribution in [0.2, 0.25) is 0 Å². The first kappa shape index (κ1) is 45.0.